The largest absolute Gasteiger partial charge is 0.481 e. The fourth-order valence-electron chi connectivity index (χ4n) is 2.86. The van der Waals surface area contributed by atoms with E-state index >= 15 is 0 Å². The predicted octanol–water partition coefficient (Wildman–Crippen LogP) is 2.50. The lowest BCUT2D eigenvalue weighted by atomic mass is 9.98. The molecule has 0 unspecified atom stereocenters. The Morgan fingerprint density at radius 2 is 2.16 bits per heavy atom. The molecule has 1 aliphatic rings. The van der Waals surface area contributed by atoms with Crippen LogP contribution in [0.1, 0.15) is 28.9 Å². The maximum absolute atomic E-state index is 10.9. The summed E-state index contributed by atoms with van der Waals surface area (Å²) in [6.07, 6.45) is 3.44. The van der Waals surface area contributed by atoms with Gasteiger partial charge in [-0.3, -0.25) is 9.89 Å². The van der Waals surface area contributed by atoms with Gasteiger partial charge >= 0.3 is 5.97 Å². The van der Waals surface area contributed by atoms with E-state index in [0.717, 1.165) is 29.7 Å². The highest BCUT2D eigenvalue weighted by molar-refractivity contribution is 5.77. The molecule has 0 saturated heterocycles. The molecule has 98 valence electrons. The molecule has 1 heterocycles. The molecule has 4 nitrogen and oxygen atoms in total. The summed E-state index contributed by atoms with van der Waals surface area (Å²) in [6.45, 7) is 1.93. The smallest absolute Gasteiger partial charge is 0.309 e. The zero-order valence-electron chi connectivity index (χ0n) is 10.9. The number of hydrogen-bond donors (Lipinski definition) is 2. The first-order valence-corrected chi connectivity index (χ1v) is 6.53. The Kier molecular flexibility index (Phi) is 2.85. The van der Waals surface area contributed by atoms with Gasteiger partial charge in [-0.05, 0) is 42.9 Å². The Morgan fingerprint density at radius 3 is 2.95 bits per heavy atom. The first kappa shape index (κ1) is 12.0. The third-order valence-electron chi connectivity index (χ3n) is 3.73. The number of carbonyl (C=O) groups is 1. The summed E-state index contributed by atoms with van der Waals surface area (Å²) in [4.78, 5) is 10.9. The number of aromatic nitrogens is 2. The van der Waals surface area contributed by atoms with Crippen molar-refractivity contribution in [1.29, 1.82) is 0 Å². The number of carboxylic acids is 1. The summed E-state index contributed by atoms with van der Waals surface area (Å²) in [5, 5.41) is 16.0. The van der Waals surface area contributed by atoms with Crippen molar-refractivity contribution in [3.05, 3.63) is 40.7 Å². The molecule has 0 aliphatic heterocycles. The number of rotatable bonds is 3. The van der Waals surface area contributed by atoms with Crippen molar-refractivity contribution < 1.29 is 9.90 Å². The molecule has 19 heavy (non-hydrogen) atoms. The molecule has 2 aromatic rings. The molecule has 2 N–H and O–H groups in total. The van der Waals surface area contributed by atoms with Gasteiger partial charge in [-0.2, -0.15) is 5.10 Å². The van der Waals surface area contributed by atoms with Gasteiger partial charge in [0.25, 0.3) is 0 Å². The molecule has 0 fully saturated rings. The van der Waals surface area contributed by atoms with Gasteiger partial charge in [-0.15, -0.1) is 0 Å². The van der Waals surface area contributed by atoms with Crippen LogP contribution in [-0.2, 0) is 24.1 Å². The van der Waals surface area contributed by atoms with E-state index in [1.54, 1.807) is 0 Å². The number of nitrogens with one attached hydrogen (secondary N) is 1. The normalized spacial score (nSPS) is 13.5. The summed E-state index contributed by atoms with van der Waals surface area (Å²) in [5.74, 6) is -0.853. The number of aromatic amines is 1. The lowest BCUT2D eigenvalue weighted by Gasteiger charge is -2.06. The van der Waals surface area contributed by atoms with Gasteiger partial charge in [0.15, 0.2) is 0 Å². The zero-order chi connectivity index (χ0) is 13.4. The number of hydrogen-bond acceptors (Lipinski definition) is 2. The van der Waals surface area contributed by atoms with E-state index in [-0.39, 0.29) is 6.42 Å². The SMILES string of the molecule is Cc1[nH]nc(CC(=O)O)c1-c1ccc2c(c1)CCC2. The van der Waals surface area contributed by atoms with Crippen molar-refractivity contribution in [2.75, 3.05) is 0 Å². The number of nitrogens with zero attached hydrogens (tertiary/aromatic N) is 1. The Morgan fingerprint density at radius 1 is 1.37 bits per heavy atom. The van der Waals surface area contributed by atoms with Crippen LogP contribution in [0.15, 0.2) is 18.2 Å². The maximum atomic E-state index is 10.9. The summed E-state index contributed by atoms with van der Waals surface area (Å²) in [7, 11) is 0. The van der Waals surface area contributed by atoms with Gasteiger partial charge in [0.1, 0.15) is 0 Å². The summed E-state index contributed by atoms with van der Waals surface area (Å²) in [5.41, 5.74) is 6.36. The highest BCUT2D eigenvalue weighted by Crippen LogP contribution is 2.31. The van der Waals surface area contributed by atoms with Gasteiger partial charge in [0, 0.05) is 11.3 Å². The molecule has 1 aliphatic carbocycles. The monoisotopic (exact) mass is 256 g/mol. The first-order chi connectivity index (χ1) is 9.15. The number of fused-ring (bicyclic) bond motifs is 1. The Balaban J connectivity index is 2.06. The van der Waals surface area contributed by atoms with Crippen LogP contribution in [0.3, 0.4) is 0 Å². The molecule has 0 radical (unpaired) electrons. The van der Waals surface area contributed by atoms with Crippen LogP contribution in [0.5, 0.6) is 0 Å². The standard InChI is InChI=1S/C15H16N2O2/c1-9-15(13(17-16-9)8-14(18)19)12-6-5-10-3-2-4-11(10)7-12/h5-7H,2-4,8H2,1H3,(H,16,17)(H,18,19). The minimum atomic E-state index is -0.853. The Labute approximate surface area is 111 Å². The molecule has 0 spiro atoms. The molecule has 0 saturated carbocycles. The molecule has 1 aromatic heterocycles. The van der Waals surface area contributed by atoms with Crippen molar-refractivity contribution in [3.63, 3.8) is 0 Å². The van der Waals surface area contributed by atoms with E-state index in [2.05, 4.69) is 28.4 Å². The highest BCUT2D eigenvalue weighted by atomic mass is 16.4. The molecule has 1 aromatic carbocycles. The number of carboxylic acid groups (broad SMARTS) is 1. The number of aliphatic carboxylic acids is 1. The van der Waals surface area contributed by atoms with Crippen molar-refractivity contribution >= 4 is 5.97 Å². The molecule has 0 amide bonds. The van der Waals surface area contributed by atoms with E-state index < -0.39 is 5.97 Å². The van der Waals surface area contributed by atoms with Gasteiger partial charge < -0.3 is 5.11 Å². The van der Waals surface area contributed by atoms with Crippen LogP contribution in [0.4, 0.5) is 0 Å². The quantitative estimate of drug-likeness (QED) is 0.886. The average molecular weight is 256 g/mol. The number of aryl methyl sites for hydroxylation is 3. The minimum Gasteiger partial charge on any atom is -0.481 e. The van der Waals surface area contributed by atoms with Crippen molar-refractivity contribution in [2.24, 2.45) is 0 Å². The van der Waals surface area contributed by atoms with Crippen LogP contribution in [0.25, 0.3) is 11.1 Å². The van der Waals surface area contributed by atoms with Crippen LogP contribution in [0, 0.1) is 6.92 Å². The van der Waals surface area contributed by atoms with E-state index in [4.69, 9.17) is 5.11 Å². The summed E-state index contributed by atoms with van der Waals surface area (Å²) in [6, 6.07) is 6.42. The van der Waals surface area contributed by atoms with Crippen LogP contribution >= 0.6 is 0 Å². The first-order valence-electron chi connectivity index (χ1n) is 6.53. The molecular weight excluding hydrogens is 240 g/mol. The molecule has 0 atom stereocenters. The number of benzene rings is 1. The van der Waals surface area contributed by atoms with E-state index in [1.807, 2.05) is 6.92 Å². The van der Waals surface area contributed by atoms with Crippen molar-refractivity contribution in [1.82, 2.24) is 10.2 Å². The lowest BCUT2D eigenvalue weighted by molar-refractivity contribution is -0.136. The van der Waals surface area contributed by atoms with Crippen molar-refractivity contribution in [2.45, 2.75) is 32.6 Å². The maximum Gasteiger partial charge on any atom is 0.309 e. The van der Waals surface area contributed by atoms with E-state index in [9.17, 15) is 4.79 Å². The topological polar surface area (TPSA) is 66.0 Å². The zero-order valence-corrected chi connectivity index (χ0v) is 10.9. The molecule has 4 heteroatoms. The van der Waals surface area contributed by atoms with Gasteiger partial charge in [0.2, 0.25) is 0 Å². The van der Waals surface area contributed by atoms with Crippen LogP contribution < -0.4 is 0 Å². The molecule has 3 rings (SSSR count). The van der Waals surface area contributed by atoms with Crippen molar-refractivity contribution in [3.8, 4) is 11.1 Å². The van der Waals surface area contributed by atoms with Gasteiger partial charge in [-0.25, -0.2) is 0 Å². The summed E-state index contributed by atoms with van der Waals surface area (Å²) < 4.78 is 0. The van der Waals surface area contributed by atoms with E-state index in [0.29, 0.717) is 5.69 Å². The second-order valence-electron chi connectivity index (χ2n) is 5.08. The number of H-pyrrole nitrogens is 1. The van der Waals surface area contributed by atoms with Crippen LogP contribution in [0.2, 0.25) is 0 Å². The van der Waals surface area contributed by atoms with Crippen LogP contribution in [-0.4, -0.2) is 21.3 Å². The van der Waals surface area contributed by atoms with Gasteiger partial charge in [-0.1, -0.05) is 18.2 Å². The predicted molar refractivity (Wildman–Crippen MR) is 72.1 cm³/mol. The lowest BCUT2D eigenvalue weighted by Crippen LogP contribution is -2.02. The molecule has 0 bridgehead atoms. The minimum absolute atomic E-state index is 0.0449. The van der Waals surface area contributed by atoms with E-state index in [1.165, 1.54) is 17.5 Å². The highest BCUT2D eigenvalue weighted by Gasteiger charge is 2.17. The third-order valence-corrected chi connectivity index (χ3v) is 3.73. The Bertz CT molecular complexity index is 644. The second kappa shape index (κ2) is 4.53. The third kappa shape index (κ3) is 2.14. The molecular formula is C15H16N2O2. The van der Waals surface area contributed by atoms with Gasteiger partial charge in [0.05, 0.1) is 12.1 Å². The fraction of sp³-hybridized carbons (Fsp3) is 0.333. The summed E-state index contributed by atoms with van der Waals surface area (Å²) >= 11 is 0. The Hall–Kier alpha value is -2.10. The second-order valence-corrected chi connectivity index (χ2v) is 5.08. The average Bonchev–Trinajstić information content (AvgIpc) is 2.94. The fourth-order valence-corrected chi connectivity index (χ4v) is 2.86.